The zero-order valence-electron chi connectivity index (χ0n) is 13.8. The van der Waals surface area contributed by atoms with Crippen molar-refractivity contribution in [2.45, 2.75) is 85.0 Å². The molecule has 0 aliphatic carbocycles. The summed E-state index contributed by atoms with van der Waals surface area (Å²) in [7, 11) is 0. The van der Waals surface area contributed by atoms with E-state index in [4.69, 9.17) is 9.47 Å². The minimum atomic E-state index is -0.519. The topological polar surface area (TPSA) is 35.5 Å². The highest BCUT2D eigenvalue weighted by Gasteiger charge is 2.04. The minimum Gasteiger partial charge on any atom is -0.434 e. The number of rotatable bonds is 13. The third-order valence-corrected chi connectivity index (χ3v) is 3.25. The van der Waals surface area contributed by atoms with Gasteiger partial charge in [-0.15, -0.1) is 0 Å². The Labute approximate surface area is 125 Å². The molecule has 20 heavy (non-hydrogen) atoms. The Hall–Kier alpha value is -0.730. The molecule has 0 rings (SSSR count). The molecule has 120 valence electrons. The summed E-state index contributed by atoms with van der Waals surface area (Å²) < 4.78 is 9.94. The fourth-order valence-corrected chi connectivity index (χ4v) is 2.02. The molecule has 0 radical (unpaired) electrons. The van der Waals surface area contributed by atoms with Gasteiger partial charge in [-0.1, -0.05) is 78.6 Å². The smallest absolute Gasteiger partial charge is 0.434 e. The first kappa shape index (κ1) is 19.3. The van der Waals surface area contributed by atoms with E-state index in [0.29, 0.717) is 19.1 Å². The summed E-state index contributed by atoms with van der Waals surface area (Å²) in [6.45, 7) is 7.20. The maximum absolute atomic E-state index is 11.2. The second-order valence-corrected chi connectivity index (χ2v) is 5.99. The molecule has 0 spiro atoms. The van der Waals surface area contributed by atoms with Crippen LogP contribution < -0.4 is 0 Å². The Balaban J connectivity index is 3.11. The third-order valence-electron chi connectivity index (χ3n) is 3.25. The molecule has 0 aromatic carbocycles. The largest absolute Gasteiger partial charge is 0.508 e. The molecule has 0 aliphatic heterocycles. The van der Waals surface area contributed by atoms with Crippen molar-refractivity contribution in [3.05, 3.63) is 0 Å². The predicted octanol–water partition coefficient (Wildman–Crippen LogP) is 5.72. The predicted molar refractivity (Wildman–Crippen MR) is 84.0 cm³/mol. The summed E-state index contributed by atoms with van der Waals surface area (Å²) in [6, 6.07) is 0. The van der Waals surface area contributed by atoms with Crippen LogP contribution in [0.3, 0.4) is 0 Å². The Kier molecular flexibility index (Phi) is 14.1. The summed E-state index contributed by atoms with van der Waals surface area (Å²) >= 11 is 0. The van der Waals surface area contributed by atoms with Gasteiger partial charge in [-0.05, 0) is 12.3 Å². The molecule has 0 bridgehead atoms. The zero-order valence-corrected chi connectivity index (χ0v) is 13.8. The van der Waals surface area contributed by atoms with E-state index < -0.39 is 6.16 Å². The van der Waals surface area contributed by atoms with Crippen molar-refractivity contribution in [2.75, 3.05) is 13.2 Å². The van der Waals surface area contributed by atoms with Crippen LogP contribution in [0, 0.1) is 5.92 Å². The molecule has 0 aromatic heterocycles. The van der Waals surface area contributed by atoms with Crippen molar-refractivity contribution in [1.29, 1.82) is 0 Å². The van der Waals surface area contributed by atoms with Crippen LogP contribution in [0.2, 0.25) is 0 Å². The Bertz CT molecular complexity index is 214. The fraction of sp³-hybridized carbons (Fsp3) is 0.941. The second kappa shape index (κ2) is 14.7. The van der Waals surface area contributed by atoms with Crippen molar-refractivity contribution in [3.8, 4) is 0 Å². The summed E-state index contributed by atoms with van der Waals surface area (Å²) in [5.41, 5.74) is 0. The standard InChI is InChI=1S/C17H34O3/c1-4-5-6-7-8-9-10-11-12-13-14-19-17(18)20-15-16(2)3/h16H,4-15H2,1-3H3. The van der Waals surface area contributed by atoms with Crippen molar-refractivity contribution in [3.63, 3.8) is 0 Å². The third kappa shape index (κ3) is 15.3. The second-order valence-electron chi connectivity index (χ2n) is 5.99. The summed E-state index contributed by atoms with van der Waals surface area (Å²) in [5.74, 6) is 0.361. The summed E-state index contributed by atoms with van der Waals surface area (Å²) in [4.78, 5) is 11.2. The van der Waals surface area contributed by atoms with Crippen LogP contribution in [-0.2, 0) is 9.47 Å². The van der Waals surface area contributed by atoms with Crippen LogP contribution in [0.25, 0.3) is 0 Å². The van der Waals surface area contributed by atoms with E-state index in [1.165, 1.54) is 51.4 Å². The lowest BCUT2D eigenvalue weighted by molar-refractivity contribution is 0.0465. The Morgan fingerprint density at radius 2 is 1.30 bits per heavy atom. The molecule has 3 nitrogen and oxygen atoms in total. The van der Waals surface area contributed by atoms with Gasteiger partial charge in [-0.25, -0.2) is 4.79 Å². The number of hydrogen-bond donors (Lipinski definition) is 0. The molecule has 0 atom stereocenters. The van der Waals surface area contributed by atoms with Crippen LogP contribution in [0.1, 0.15) is 85.0 Å². The molecular weight excluding hydrogens is 252 g/mol. The molecule has 0 N–H and O–H groups in total. The lowest BCUT2D eigenvalue weighted by Gasteiger charge is -2.07. The van der Waals surface area contributed by atoms with Gasteiger partial charge in [-0.2, -0.15) is 0 Å². The summed E-state index contributed by atoms with van der Waals surface area (Å²) in [6.07, 6.45) is 12.3. The van der Waals surface area contributed by atoms with E-state index >= 15 is 0 Å². The van der Waals surface area contributed by atoms with Gasteiger partial charge in [0.15, 0.2) is 0 Å². The molecule has 0 fully saturated rings. The molecular formula is C17H34O3. The number of carbonyl (C=O) groups excluding carboxylic acids is 1. The van der Waals surface area contributed by atoms with E-state index in [-0.39, 0.29) is 0 Å². The Morgan fingerprint density at radius 3 is 1.80 bits per heavy atom. The van der Waals surface area contributed by atoms with Gasteiger partial charge < -0.3 is 9.47 Å². The van der Waals surface area contributed by atoms with Crippen LogP contribution in [0.4, 0.5) is 4.79 Å². The lowest BCUT2D eigenvalue weighted by atomic mass is 10.1. The van der Waals surface area contributed by atoms with E-state index in [2.05, 4.69) is 6.92 Å². The van der Waals surface area contributed by atoms with Crippen molar-refractivity contribution >= 4 is 6.16 Å². The van der Waals surface area contributed by atoms with E-state index in [9.17, 15) is 4.79 Å². The highest BCUT2D eigenvalue weighted by molar-refractivity contribution is 5.59. The van der Waals surface area contributed by atoms with Gasteiger partial charge in [0.05, 0.1) is 13.2 Å². The molecule has 0 saturated carbocycles. The average molecular weight is 286 g/mol. The van der Waals surface area contributed by atoms with Crippen LogP contribution in [0.15, 0.2) is 0 Å². The SMILES string of the molecule is CCCCCCCCCCCCOC(=O)OCC(C)C. The number of hydrogen-bond acceptors (Lipinski definition) is 3. The van der Waals surface area contributed by atoms with Gasteiger partial charge in [-0.3, -0.25) is 0 Å². The van der Waals surface area contributed by atoms with Crippen LogP contribution in [-0.4, -0.2) is 19.4 Å². The van der Waals surface area contributed by atoms with Crippen LogP contribution in [0.5, 0.6) is 0 Å². The van der Waals surface area contributed by atoms with Gasteiger partial charge in [0.1, 0.15) is 0 Å². The maximum atomic E-state index is 11.2. The van der Waals surface area contributed by atoms with Crippen molar-refractivity contribution in [2.24, 2.45) is 5.92 Å². The number of carbonyl (C=O) groups is 1. The molecule has 0 heterocycles. The van der Waals surface area contributed by atoms with E-state index in [0.717, 1.165) is 12.8 Å². The summed E-state index contributed by atoms with van der Waals surface area (Å²) in [5, 5.41) is 0. The molecule has 0 aliphatic rings. The first-order valence-electron chi connectivity index (χ1n) is 8.46. The Morgan fingerprint density at radius 1 is 0.800 bits per heavy atom. The van der Waals surface area contributed by atoms with Crippen molar-refractivity contribution < 1.29 is 14.3 Å². The molecule has 3 heteroatoms. The first-order valence-corrected chi connectivity index (χ1v) is 8.46. The average Bonchev–Trinajstić information content (AvgIpc) is 2.42. The molecule has 0 unspecified atom stereocenters. The van der Waals surface area contributed by atoms with Gasteiger partial charge >= 0.3 is 6.16 Å². The first-order chi connectivity index (χ1) is 9.66. The highest BCUT2D eigenvalue weighted by atomic mass is 16.7. The molecule has 0 aromatic rings. The van der Waals surface area contributed by atoms with Gasteiger partial charge in [0.2, 0.25) is 0 Å². The minimum absolute atomic E-state index is 0.361. The normalized spacial score (nSPS) is 10.8. The van der Waals surface area contributed by atoms with Crippen molar-refractivity contribution in [1.82, 2.24) is 0 Å². The lowest BCUT2D eigenvalue weighted by Crippen LogP contribution is -2.12. The van der Waals surface area contributed by atoms with Crippen LogP contribution >= 0.6 is 0 Å². The number of unbranched alkanes of at least 4 members (excludes halogenated alkanes) is 9. The highest BCUT2D eigenvalue weighted by Crippen LogP contribution is 2.10. The van der Waals surface area contributed by atoms with E-state index in [1.54, 1.807) is 0 Å². The monoisotopic (exact) mass is 286 g/mol. The van der Waals surface area contributed by atoms with Gasteiger partial charge in [0, 0.05) is 0 Å². The fourth-order valence-electron chi connectivity index (χ4n) is 2.02. The zero-order chi connectivity index (χ0) is 15.1. The van der Waals surface area contributed by atoms with Gasteiger partial charge in [0.25, 0.3) is 0 Å². The molecule has 0 amide bonds. The maximum Gasteiger partial charge on any atom is 0.508 e. The molecule has 0 saturated heterocycles. The quantitative estimate of drug-likeness (QED) is 0.321. The van der Waals surface area contributed by atoms with E-state index in [1.807, 2.05) is 13.8 Å². The number of ether oxygens (including phenoxy) is 2.